The van der Waals surface area contributed by atoms with Crippen LogP contribution < -0.4 is 14.8 Å². The largest absolute Gasteiger partial charge is 0.486 e. The summed E-state index contributed by atoms with van der Waals surface area (Å²) >= 11 is 1.28. The Balaban J connectivity index is 1.28. The van der Waals surface area contributed by atoms with E-state index in [1.807, 2.05) is 43.3 Å². The number of nitrogens with zero attached hydrogens (tertiary/aromatic N) is 4. The highest BCUT2D eigenvalue weighted by atomic mass is 32.2. The number of carbonyl (C=O) groups is 1. The predicted octanol–water partition coefficient (Wildman–Crippen LogP) is 3.60. The van der Waals surface area contributed by atoms with Crippen molar-refractivity contribution in [2.24, 2.45) is 0 Å². The first-order chi connectivity index (χ1) is 15.2. The molecule has 4 aromatic rings. The number of aryl methyl sites for hydroxylation is 1. The molecule has 9 heteroatoms. The summed E-state index contributed by atoms with van der Waals surface area (Å²) in [4.78, 5) is 12.5. The van der Waals surface area contributed by atoms with E-state index < -0.39 is 0 Å². The maximum atomic E-state index is 12.5. The molecule has 31 heavy (non-hydrogen) atoms. The molecule has 0 radical (unpaired) electrons. The van der Waals surface area contributed by atoms with Gasteiger partial charge in [-0.15, -0.1) is 10.2 Å². The van der Waals surface area contributed by atoms with E-state index in [9.17, 15) is 4.79 Å². The van der Waals surface area contributed by atoms with Crippen LogP contribution in [0.4, 0.5) is 5.69 Å². The van der Waals surface area contributed by atoms with E-state index in [0.717, 1.165) is 11.3 Å². The minimum absolute atomic E-state index is 0.159. The van der Waals surface area contributed by atoms with Gasteiger partial charge in [0.2, 0.25) is 11.1 Å². The fraction of sp³-hybridized carbons (Fsp3) is 0.182. The fourth-order valence-corrected chi connectivity index (χ4v) is 3.87. The smallest absolute Gasteiger partial charge is 0.234 e. The lowest BCUT2D eigenvalue weighted by Crippen LogP contribution is -2.17. The number of aromatic nitrogens is 4. The maximum Gasteiger partial charge on any atom is 0.234 e. The second-order valence-electron chi connectivity index (χ2n) is 7.03. The number of ether oxygens (including phenoxy) is 2. The number of rotatable bonds is 5. The van der Waals surface area contributed by atoms with E-state index in [1.54, 1.807) is 22.7 Å². The Morgan fingerprint density at radius 2 is 1.84 bits per heavy atom. The Bertz CT molecular complexity index is 1260. The summed E-state index contributed by atoms with van der Waals surface area (Å²) in [5, 5.41) is 16.4. The molecule has 0 atom stereocenters. The Labute approximate surface area is 182 Å². The summed E-state index contributed by atoms with van der Waals surface area (Å²) in [5.74, 6) is 1.33. The maximum absolute atomic E-state index is 12.5. The Morgan fingerprint density at radius 1 is 1.03 bits per heavy atom. The van der Waals surface area contributed by atoms with Crippen molar-refractivity contribution in [3.05, 3.63) is 60.2 Å². The van der Waals surface area contributed by atoms with Gasteiger partial charge in [-0.1, -0.05) is 41.6 Å². The predicted molar refractivity (Wildman–Crippen MR) is 118 cm³/mol. The van der Waals surface area contributed by atoms with Crippen molar-refractivity contribution in [3.63, 3.8) is 0 Å². The van der Waals surface area contributed by atoms with Crippen LogP contribution in [0.1, 0.15) is 5.56 Å². The molecule has 0 saturated carbocycles. The minimum atomic E-state index is -0.159. The lowest BCUT2D eigenvalue weighted by Gasteiger charge is -2.18. The second-order valence-corrected chi connectivity index (χ2v) is 7.97. The summed E-state index contributed by atoms with van der Waals surface area (Å²) in [6.45, 7) is 3.07. The molecule has 0 aliphatic carbocycles. The Kier molecular flexibility index (Phi) is 5.17. The second kappa shape index (κ2) is 8.27. The molecule has 5 rings (SSSR count). The number of anilines is 1. The van der Waals surface area contributed by atoms with Crippen LogP contribution in [0, 0.1) is 6.92 Å². The highest BCUT2D eigenvalue weighted by Crippen LogP contribution is 2.32. The Morgan fingerprint density at radius 3 is 2.68 bits per heavy atom. The van der Waals surface area contributed by atoms with Gasteiger partial charge in [-0.3, -0.25) is 4.79 Å². The molecule has 156 valence electrons. The third-order valence-electron chi connectivity index (χ3n) is 4.74. The number of hydrogen-bond acceptors (Lipinski definition) is 7. The van der Waals surface area contributed by atoms with Crippen LogP contribution in [0.25, 0.3) is 16.9 Å². The van der Waals surface area contributed by atoms with E-state index in [4.69, 9.17) is 9.47 Å². The van der Waals surface area contributed by atoms with Gasteiger partial charge in [0.1, 0.15) is 13.2 Å². The average molecular weight is 433 g/mol. The van der Waals surface area contributed by atoms with Gasteiger partial charge in [-0.25, -0.2) is 0 Å². The van der Waals surface area contributed by atoms with Crippen molar-refractivity contribution in [1.29, 1.82) is 0 Å². The molecule has 3 heterocycles. The van der Waals surface area contributed by atoms with Gasteiger partial charge in [-0.05, 0) is 31.2 Å². The molecule has 2 aromatic carbocycles. The van der Waals surface area contributed by atoms with Crippen molar-refractivity contribution in [2.45, 2.75) is 12.1 Å². The lowest BCUT2D eigenvalue weighted by atomic mass is 10.1. The first-order valence-corrected chi connectivity index (χ1v) is 10.8. The third-order valence-corrected chi connectivity index (χ3v) is 5.66. The van der Waals surface area contributed by atoms with Crippen LogP contribution in [-0.4, -0.2) is 44.7 Å². The van der Waals surface area contributed by atoms with E-state index in [2.05, 4.69) is 20.6 Å². The lowest BCUT2D eigenvalue weighted by molar-refractivity contribution is -0.113. The third kappa shape index (κ3) is 4.17. The van der Waals surface area contributed by atoms with Gasteiger partial charge in [0.05, 0.1) is 11.4 Å². The van der Waals surface area contributed by atoms with Gasteiger partial charge in [0.15, 0.2) is 17.1 Å². The van der Waals surface area contributed by atoms with Crippen molar-refractivity contribution >= 4 is 29.0 Å². The van der Waals surface area contributed by atoms with E-state index in [-0.39, 0.29) is 11.7 Å². The van der Waals surface area contributed by atoms with Gasteiger partial charge >= 0.3 is 0 Å². The number of nitrogens with one attached hydrogen (secondary N) is 1. The summed E-state index contributed by atoms with van der Waals surface area (Å²) in [6.07, 6.45) is 0. The van der Waals surface area contributed by atoms with Crippen LogP contribution in [0.5, 0.6) is 11.5 Å². The number of carbonyl (C=O) groups excluding carboxylic acids is 1. The van der Waals surface area contributed by atoms with Crippen molar-refractivity contribution in [3.8, 4) is 22.8 Å². The van der Waals surface area contributed by atoms with Gasteiger partial charge in [0.25, 0.3) is 0 Å². The first-order valence-electron chi connectivity index (χ1n) is 9.77. The molecule has 0 spiro atoms. The highest BCUT2D eigenvalue weighted by molar-refractivity contribution is 7.99. The number of benzene rings is 2. The summed E-state index contributed by atoms with van der Waals surface area (Å²) in [7, 11) is 0. The Hall–Kier alpha value is -3.59. The van der Waals surface area contributed by atoms with Gasteiger partial charge in [0, 0.05) is 17.3 Å². The molecule has 0 unspecified atom stereocenters. The monoisotopic (exact) mass is 433 g/mol. The van der Waals surface area contributed by atoms with Crippen LogP contribution in [0.15, 0.2) is 59.8 Å². The fourth-order valence-electron chi connectivity index (χ4n) is 3.19. The van der Waals surface area contributed by atoms with E-state index >= 15 is 0 Å². The molecule has 1 aliphatic rings. The minimum Gasteiger partial charge on any atom is -0.486 e. The van der Waals surface area contributed by atoms with Gasteiger partial charge in [-0.2, -0.15) is 9.61 Å². The van der Waals surface area contributed by atoms with Crippen LogP contribution in [0.2, 0.25) is 0 Å². The SMILES string of the molecule is Cc1ccc(-c2ccc3nnc(SCC(=O)Nc4ccc5c(c4)OCCO5)n3n2)cc1. The zero-order valence-corrected chi connectivity index (χ0v) is 17.6. The molecular weight excluding hydrogens is 414 g/mol. The molecule has 1 N–H and O–H groups in total. The molecule has 8 nitrogen and oxygen atoms in total. The molecule has 0 fully saturated rings. The zero-order chi connectivity index (χ0) is 21.2. The van der Waals surface area contributed by atoms with Crippen molar-refractivity contribution < 1.29 is 14.3 Å². The normalized spacial score (nSPS) is 12.7. The highest BCUT2D eigenvalue weighted by Gasteiger charge is 2.15. The van der Waals surface area contributed by atoms with Gasteiger partial charge < -0.3 is 14.8 Å². The van der Waals surface area contributed by atoms with Crippen LogP contribution >= 0.6 is 11.8 Å². The molecule has 0 bridgehead atoms. The van der Waals surface area contributed by atoms with Crippen LogP contribution in [0.3, 0.4) is 0 Å². The molecule has 2 aromatic heterocycles. The van der Waals surface area contributed by atoms with E-state index in [0.29, 0.717) is 41.2 Å². The number of thioether (sulfide) groups is 1. The van der Waals surface area contributed by atoms with E-state index in [1.165, 1.54) is 17.3 Å². The molecule has 1 aliphatic heterocycles. The topological polar surface area (TPSA) is 90.6 Å². The van der Waals surface area contributed by atoms with Crippen LogP contribution in [-0.2, 0) is 4.79 Å². The molecule has 0 saturated heterocycles. The quantitative estimate of drug-likeness (QED) is 0.481. The summed E-state index contributed by atoms with van der Waals surface area (Å²) in [6, 6.07) is 17.3. The van der Waals surface area contributed by atoms with Crippen molar-refractivity contribution in [2.75, 3.05) is 24.3 Å². The number of hydrogen-bond donors (Lipinski definition) is 1. The average Bonchev–Trinajstić information content (AvgIpc) is 3.20. The zero-order valence-electron chi connectivity index (χ0n) is 16.7. The molecule has 1 amide bonds. The summed E-state index contributed by atoms with van der Waals surface area (Å²) in [5.41, 5.74) is 4.30. The summed E-state index contributed by atoms with van der Waals surface area (Å²) < 4.78 is 12.7. The standard InChI is InChI=1S/C22H19N5O3S/c1-14-2-4-15(5-3-14)17-7-9-20-24-25-22(27(20)26-17)31-13-21(28)23-16-6-8-18-19(12-16)30-11-10-29-18/h2-9,12H,10-11,13H2,1H3,(H,23,28). The van der Waals surface area contributed by atoms with Crippen molar-refractivity contribution in [1.82, 2.24) is 19.8 Å². The molecular formula is C22H19N5O3S. The number of fused-ring (bicyclic) bond motifs is 2. The number of amides is 1. The first kappa shape index (κ1) is 19.4.